The lowest BCUT2D eigenvalue weighted by atomic mass is 10.0. The monoisotopic (exact) mass is 298 g/mol. The maximum absolute atomic E-state index is 10.2. The molecule has 0 bridgehead atoms. The highest BCUT2D eigenvalue weighted by Gasteiger charge is 2.08. The average molecular weight is 298 g/mol. The van der Waals surface area contributed by atoms with Gasteiger partial charge in [0, 0.05) is 5.39 Å². The quantitative estimate of drug-likeness (QED) is 0.352. The number of fused-ring (bicyclic) bond motifs is 2. The fourth-order valence-corrected chi connectivity index (χ4v) is 2.69. The molecular weight excluding hydrogens is 284 g/mol. The summed E-state index contributed by atoms with van der Waals surface area (Å²) in [4.78, 5) is 0. The maximum Gasteiger partial charge on any atom is 0.143 e. The number of rotatable bonds is 2. The first-order valence-electron chi connectivity index (χ1n) is 7.42. The average Bonchev–Trinajstić information content (AvgIpc) is 2.60. The van der Waals surface area contributed by atoms with Gasteiger partial charge >= 0.3 is 0 Å². The van der Waals surface area contributed by atoms with Crippen LogP contribution in [0.4, 0.5) is 11.4 Å². The van der Waals surface area contributed by atoms with Crippen LogP contribution in [0.2, 0.25) is 0 Å². The number of benzene rings is 4. The van der Waals surface area contributed by atoms with Crippen LogP contribution < -0.4 is 0 Å². The summed E-state index contributed by atoms with van der Waals surface area (Å²) in [5.41, 5.74) is 1.25. The first kappa shape index (κ1) is 13.5. The van der Waals surface area contributed by atoms with E-state index in [1.807, 2.05) is 54.6 Å². The Labute approximate surface area is 133 Å². The summed E-state index contributed by atoms with van der Waals surface area (Å²) in [6.07, 6.45) is 0. The predicted molar refractivity (Wildman–Crippen MR) is 93.7 cm³/mol. The number of aromatic hydroxyl groups is 1. The van der Waals surface area contributed by atoms with Crippen LogP contribution in [0.25, 0.3) is 21.5 Å². The zero-order chi connectivity index (χ0) is 15.6. The summed E-state index contributed by atoms with van der Waals surface area (Å²) >= 11 is 0. The molecule has 4 aromatic rings. The molecule has 0 aliphatic rings. The molecule has 0 saturated heterocycles. The summed E-state index contributed by atoms with van der Waals surface area (Å²) in [7, 11) is 0. The Kier molecular flexibility index (Phi) is 3.24. The summed E-state index contributed by atoms with van der Waals surface area (Å²) in [6, 6.07) is 25.4. The minimum Gasteiger partial charge on any atom is -0.506 e. The molecule has 3 heteroatoms. The number of hydrogen-bond donors (Lipinski definition) is 1. The van der Waals surface area contributed by atoms with Gasteiger partial charge in [0.05, 0.1) is 5.69 Å². The second kappa shape index (κ2) is 5.54. The zero-order valence-corrected chi connectivity index (χ0v) is 12.3. The standard InChI is InChI=1S/C20H14N2O/c23-19-11-10-16-12-14-6-4-5-7-15(14)13-18(16)20(19)22-21-17-8-2-1-3-9-17/h1-13,23H. The number of azo groups is 1. The smallest absolute Gasteiger partial charge is 0.143 e. The summed E-state index contributed by atoms with van der Waals surface area (Å²) in [6.45, 7) is 0. The highest BCUT2D eigenvalue weighted by atomic mass is 16.3. The molecule has 0 aromatic heterocycles. The first-order chi connectivity index (χ1) is 11.3. The molecule has 0 heterocycles. The molecule has 0 aliphatic carbocycles. The molecule has 0 atom stereocenters. The van der Waals surface area contributed by atoms with Crippen molar-refractivity contribution in [1.29, 1.82) is 0 Å². The Morgan fingerprint density at radius 2 is 1.30 bits per heavy atom. The highest BCUT2D eigenvalue weighted by Crippen LogP contribution is 2.37. The molecule has 1 N–H and O–H groups in total. The van der Waals surface area contributed by atoms with Gasteiger partial charge in [-0.15, -0.1) is 5.11 Å². The van der Waals surface area contributed by atoms with Crippen LogP contribution in [-0.4, -0.2) is 5.11 Å². The van der Waals surface area contributed by atoms with Gasteiger partial charge < -0.3 is 5.11 Å². The van der Waals surface area contributed by atoms with Crippen LogP contribution in [0.5, 0.6) is 5.75 Å². The van der Waals surface area contributed by atoms with Crippen molar-refractivity contribution < 1.29 is 5.11 Å². The van der Waals surface area contributed by atoms with Crippen molar-refractivity contribution in [1.82, 2.24) is 0 Å². The van der Waals surface area contributed by atoms with Crippen LogP contribution >= 0.6 is 0 Å². The molecule has 0 amide bonds. The predicted octanol–water partition coefficient (Wildman–Crippen LogP) is 6.11. The highest BCUT2D eigenvalue weighted by molar-refractivity contribution is 6.04. The van der Waals surface area contributed by atoms with Gasteiger partial charge in [-0.05, 0) is 46.5 Å². The van der Waals surface area contributed by atoms with Crippen molar-refractivity contribution in [3.05, 3.63) is 78.9 Å². The van der Waals surface area contributed by atoms with Gasteiger partial charge in [-0.25, -0.2) is 0 Å². The SMILES string of the molecule is Oc1ccc2cc3ccccc3cc2c1N=Nc1ccccc1. The summed E-state index contributed by atoms with van der Waals surface area (Å²) < 4.78 is 0. The third-order valence-electron chi connectivity index (χ3n) is 3.86. The van der Waals surface area contributed by atoms with Crippen LogP contribution in [0.15, 0.2) is 89.1 Å². The molecule has 0 aliphatic heterocycles. The Morgan fingerprint density at radius 3 is 2.09 bits per heavy atom. The van der Waals surface area contributed by atoms with Crippen LogP contribution in [0.3, 0.4) is 0 Å². The maximum atomic E-state index is 10.2. The van der Waals surface area contributed by atoms with E-state index in [1.165, 1.54) is 0 Å². The van der Waals surface area contributed by atoms with E-state index in [4.69, 9.17) is 0 Å². The molecule has 3 nitrogen and oxygen atoms in total. The van der Waals surface area contributed by atoms with Crippen molar-refractivity contribution in [2.45, 2.75) is 0 Å². The van der Waals surface area contributed by atoms with Crippen molar-refractivity contribution in [2.24, 2.45) is 10.2 Å². The van der Waals surface area contributed by atoms with Crippen LogP contribution in [0, 0.1) is 0 Å². The van der Waals surface area contributed by atoms with E-state index in [1.54, 1.807) is 6.07 Å². The Balaban J connectivity index is 1.92. The van der Waals surface area contributed by atoms with Gasteiger partial charge in [-0.2, -0.15) is 5.11 Å². The van der Waals surface area contributed by atoms with Crippen molar-refractivity contribution in [2.75, 3.05) is 0 Å². The molecule has 0 saturated carbocycles. The molecule has 0 fully saturated rings. The fourth-order valence-electron chi connectivity index (χ4n) is 2.69. The Bertz CT molecular complexity index is 1020. The van der Waals surface area contributed by atoms with Crippen molar-refractivity contribution in [3.8, 4) is 5.75 Å². The van der Waals surface area contributed by atoms with Crippen molar-refractivity contribution >= 4 is 32.9 Å². The van der Waals surface area contributed by atoms with Gasteiger partial charge in [0.25, 0.3) is 0 Å². The van der Waals surface area contributed by atoms with E-state index in [0.29, 0.717) is 5.69 Å². The van der Waals surface area contributed by atoms with Gasteiger partial charge in [-0.3, -0.25) is 0 Å². The third kappa shape index (κ3) is 2.53. The van der Waals surface area contributed by atoms with Gasteiger partial charge in [0.1, 0.15) is 11.4 Å². The molecule has 0 radical (unpaired) electrons. The zero-order valence-electron chi connectivity index (χ0n) is 12.3. The third-order valence-corrected chi connectivity index (χ3v) is 3.86. The lowest BCUT2D eigenvalue weighted by Gasteiger charge is -2.06. The first-order valence-corrected chi connectivity index (χ1v) is 7.42. The summed E-state index contributed by atoms with van der Waals surface area (Å²) in [5.74, 6) is 0.132. The topological polar surface area (TPSA) is 45.0 Å². The fraction of sp³-hybridized carbons (Fsp3) is 0. The van der Waals surface area contributed by atoms with E-state index in [2.05, 4.69) is 28.4 Å². The second-order valence-corrected chi connectivity index (χ2v) is 5.39. The number of hydrogen-bond acceptors (Lipinski definition) is 3. The minimum absolute atomic E-state index is 0.132. The van der Waals surface area contributed by atoms with Gasteiger partial charge in [0.2, 0.25) is 0 Å². The minimum atomic E-state index is 0.132. The van der Waals surface area contributed by atoms with E-state index in [0.717, 1.165) is 27.2 Å². The molecule has 23 heavy (non-hydrogen) atoms. The molecule has 0 unspecified atom stereocenters. The van der Waals surface area contributed by atoms with E-state index < -0.39 is 0 Å². The summed E-state index contributed by atoms with van der Waals surface area (Å²) in [5, 5.41) is 22.9. The molecular formula is C20H14N2O. The lowest BCUT2D eigenvalue weighted by Crippen LogP contribution is -1.78. The van der Waals surface area contributed by atoms with E-state index in [-0.39, 0.29) is 5.75 Å². The molecule has 0 spiro atoms. The van der Waals surface area contributed by atoms with Crippen LogP contribution in [-0.2, 0) is 0 Å². The number of phenols is 1. The molecule has 4 rings (SSSR count). The van der Waals surface area contributed by atoms with Crippen molar-refractivity contribution in [3.63, 3.8) is 0 Å². The molecule has 110 valence electrons. The van der Waals surface area contributed by atoms with Crippen LogP contribution in [0.1, 0.15) is 0 Å². The number of phenolic OH excluding ortho intramolecular Hbond substituents is 1. The lowest BCUT2D eigenvalue weighted by molar-refractivity contribution is 0.477. The van der Waals surface area contributed by atoms with E-state index in [9.17, 15) is 5.11 Å². The molecule has 4 aromatic carbocycles. The van der Waals surface area contributed by atoms with E-state index >= 15 is 0 Å². The number of nitrogens with zero attached hydrogens (tertiary/aromatic N) is 2. The van der Waals surface area contributed by atoms with Gasteiger partial charge in [-0.1, -0.05) is 48.5 Å². The largest absolute Gasteiger partial charge is 0.506 e. The second-order valence-electron chi connectivity index (χ2n) is 5.39. The normalized spacial score (nSPS) is 11.5. The Hall–Kier alpha value is -3.20. The Morgan fingerprint density at radius 1 is 0.609 bits per heavy atom. The van der Waals surface area contributed by atoms with Gasteiger partial charge in [0.15, 0.2) is 0 Å².